The molecule has 0 bridgehead atoms. The first kappa shape index (κ1) is 18.3. The van der Waals surface area contributed by atoms with Crippen LogP contribution in [0.2, 0.25) is 5.02 Å². The van der Waals surface area contributed by atoms with E-state index < -0.39 is 23.0 Å². The maximum atomic E-state index is 14.5. The SMILES string of the molecule is CCn1c(-c2c(F)cc(F)cc2F)c(-c2ccccc2Cl)cc(C)c1=O. The molecule has 26 heavy (non-hydrogen) atoms. The molecule has 134 valence electrons. The Labute approximate surface area is 153 Å². The van der Waals surface area contributed by atoms with Gasteiger partial charge in [-0.3, -0.25) is 4.79 Å². The summed E-state index contributed by atoms with van der Waals surface area (Å²) in [6.45, 7) is 3.50. The van der Waals surface area contributed by atoms with E-state index in [1.54, 1.807) is 44.2 Å². The summed E-state index contributed by atoms with van der Waals surface area (Å²) >= 11 is 6.28. The Bertz CT molecular complexity index is 1040. The lowest BCUT2D eigenvalue weighted by atomic mass is 9.96. The third-order valence-corrected chi connectivity index (χ3v) is 4.52. The van der Waals surface area contributed by atoms with Crippen molar-refractivity contribution in [3.05, 3.63) is 80.9 Å². The summed E-state index contributed by atoms with van der Waals surface area (Å²) in [5.41, 5.74) is 0.540. The first-order valence-electron chi connectivity index (χ1n) is 7.99. The Hall–Kier alpha value is -2.53. The van der Waals surface area contributed by atoms with Crippen LogP contribution in [0.5, 0.6) is 0 Å². The van der Waals surface area contributed by atoms with Crippen molar-refractivity contribution in [2.24, 2.45) is 0 Å². The van der Waals surface area contributed by atoms with Crippen LogP contribution < -0.4 is 5.56 Å². The summed E-state index contributed by atoms with van der Waals surface area (Å²) in [6, 6.07) is 9.55. The number of pyridine rings is 1. The highest BCUT2D eigenvalue weighted by molar-refractivity contribution is 6.33. The molecule has 0 aliphatic heterocycles. The maximum absolute atomic E-state index is 14.5. The summed E-state index contributed by atoms with van der Waals surface area (Å²) in [6.07, 6.45) is 0. The predicted molar refractivity (Wildman–Crippen MR) is 96.9 cm³/mol. The Morgan fingerprint density at radius 3 is 2.19 bits per heavy atom. The van der Waals surface area contributed by atoms with Crippen LogP contribution in [0.25, 0.3) is 22.4 Å². The van der Waals surface area contributed by atoms with E-state index in [2.05, 4.69) is 0 Å². The van der Waals surface area contributed by atoms with Crippen molar-refractivity contribution >= 4 is 11.6 Å². The van der Waals surface area contributed by atoms with Gasteiger partial charge in [-0.2, -0.15) is 0 Å². The van der Waals surface area contributed by atoms with Gasteiger partial charge in [-0.1, -0.05) is 29.8 Å². The monoisotopic (exact) mass is 377 g/mol. The highest BCUT2D eigenvalue weighted by atomic mass is 35.5. The summed E-state index contributed by atoms with van der Waals surface area (Å²) in [7, 11) is 0. The van der Waals surface area contributed by atoms with Gasteiger partial charge in [0.05, 0.1) is 11.3 Å². The minimum atomic E-state index is -1.08. The van der Waals surface area contributed by atoms with Crippen LogP contribution in [0, 0.1) is 24.4 Å². The number of hydrogen-bond donors (Lipinski definition) is 0. The molecule has 0 saturated carbocycles. The van der Waals surface area contributed by atoms with Crippen molar-refractivity contribution in [1.29, 1.82) is 0 Å². The van der Waals surface area contributed by atoms with Crippen LogP contribution in [-0.2, 0) is 6.54 Å². The molecule has 1 heterocycles. The Balaban J connectivity index is 2.51. The van der Waals surface area contributed by atoms with Gasteiger partial charge in [0.15, 0.2) is 0 Å². The van der Waals surface area contributed by atoms with Crippen molar-refractivity contribution < 1.29 is 13.2 Å². The molecular weight excluding hydrogens is 363 g/mol. The molecule has 3 aromatic rings. The minimum Gasteiger partial charge on any atom is -0.307 e. The number of aryl methyl sites for hydroxylation is 1. The molecule has 0 aliphatic rings. The van der Waals surface area contributed by atoms with E-state index in [0.29, 0.717) is 33.8 Å². The van der Waals surface area contributed by atoms with Gasteiger partial charge in [-0.25, -0.2) is 13.2 Å². The second-order valence-corrected chi connectivity index (χ2v) is 6.27. The molecule has 2 nitrogen and oxygen atoms in total. The first-order valence-corrected chi connectivity index (χ1v) is 8.37. The van der Waals surface area contributed by atoms with Gasteiger partial charge in [0.1, 0.15) is 17.5 Å². The lowest BCUT2D eigenvalue weighted by molar-refractivity contribution is 0.545. The minimum absolute atomic E-state index is 0.0335. The Kier molecular flexibility index (Phi) is 4.92. The molecule has 3 rings (SSSR count). The van der Waals surface area contributed by atoms with E-state index in [0.717, 1.165) is 0 Å². The molecular formula is C20H15ClF3NO. The van der Waals surface area contributed by atoms with Gasteiger partial charge in [0.25, 0.3) is 5.56 Å². The van der Waals surface area contributed by atoms with Crippen LogP contribution in [-0.4, -0.2) is 4.57 Å². The van der Waals surface area contributed by atoms with E-state index in [-0.39, 0.29) is 17.8 Å². The highest BCUT2D eigenvalue weighted by Gasteiger charge is 2.23. The number of benzene rings is 2. The molecule has 6 heteroatoms. The van der Waals surface area contributed by atoms with Gasteiger partial charge in [-0.05, 0) is 26.0 Å². The second kappa shape index (κ2) is 7.00. The van der Waals surface area contributed by atoms with Crippen LogP contribution in [0.15, 0.2) is 47.3 Å². The molecule has 0 aliphatic carbocycles. The first-order chi connectivity index (χ1) is 12.3. The van der Waals surface area contributed by atoms with Gasteiger partial charge in [-0.15, -0.1) is 0 Å². The normalized spacial score (nSPS) is 11.0. The second-order valence-electron chi connectivity index (χ2n) is 5.86. The largest absolute Gasteiger partial charge is 0.307 e. The van der Waals surface area contributed by atoms with Crippen LogP contribution in [0.4, 0.5) is 13.2 Å². The average molecular weight is 378 g/mol. The van der Waals surface area contributed by atoms with Crippen LogP contribution >= 0.6 is 11.6 Å². The van der Waals surface area contributed by atoms with E-state index >= 15 is 0 Å². The molecule has 0 atom stereocenters. The zero-order chi connectivity index (χ0) is 19.0. The highest BCUT2D eigenvalue weighted by Crippen LogP contribution is 2.38. The van der Waals surface area contributed by atoms with E-state index in [9.17, 15) is 18.0 Å². The maximum Gasteiger partial charge on any atom is 0.253 e. The molecule has 0 N–H and O–H groups in total. The number of nitrogens with zero attached hydrogens (tertiary/aromatic N) is 1. The summed E-state index contributed by atoms with van der Waals surface area (Å²) < 4.78 is 43.7. The molecule has 2 aromatic carbocycles. The fourth-order valence-electron chi connectivity index (χ4n) is 3.03. The molecule has 0 fully saturated rings. The number of hydrogen-bond acceptors (Lipinski definition) is 1. The third-order valence-electron chi connectivity index (χ3n) is 4.19. The molecule has 1 aromatic heterocycles. The van der Waals surface area contributed by atoms with Gasteiger partial charge in [0, 0.05) is 40.4 Å². The zero-order valence-electron chi connectivity index (χ0n) is 14.1. The standard InChI is InChI=1S/C20H15ClF3NO/c1-3-25-19(18-16(23)9-12(22)10-17(18)24)14(8-11(2)20(25)26)13-6-4-5-7-15(13)21/h4-10H,3H2,1-2H3. The lowest BCUT2D eigenvalue weighted by Crippen LogP contribution is -2.24. The fraction of sp³-hybridized carbons (Fsp3) is 0.150. The predicted octanol–water partition coefficient (Wildman–Crippen LogP) is 5.58. The fourth-order valence-corrected chi connectivity index (χ4v) is 3.27. The molecule has 0 amide bonds. The molecule has 0 spiro atoms. The van der Waals surface area contributed by atoms with Crippen molar-refractivity contribution in [3.8, 4) is 22.4 Å². The molecule has 0 unspecified atom stereocenters. The van der Waals surface area contributed by atoms with Crippen molar-refractivity contribution in [3.63, 3.8) is 0 Å². The van der Waals surface area contributed by atoms with Crippen LogP contribution in [0.3, 0.4) is 0 Å². The summed E-state index contributed by atoms with van der Waals surface area (Å²) in [4.78, 5) is 12.6. The Morgan fingerprint density at radius 1 is 1.00 bits per heavy atom. The number of rotatable bonds is 3. The van der Waals surface area contributed by atoms with E-state index in [1.165, 1.54) is 4.57 Å². The average Bonchev–Trinajstić information content (AvgIpc) is 2.58. The summed E-state index contributed by atoms with van der Waals surface area (Å²) in [5.74, 6) is -3.19. The molecule has 0 radical (unpaired) electrons. The van der Waals surface area contributed by atoms with Crippen LogP contribution in [0.1, 0.15) is 12.5 Å². The number of halogens is 4. The van der Waals surface area contributed by atoms with Gasteiger partial charge >= 0.3 is 0 Å². The third kappa shape index (κ3) is 3.03. The van der Waals surface area contributed by atoms with E-state index in [4.69, 9.17) is 11.6 Å². The Morgan fingerprint density at radius 2 is 1.62 bits per heavy atom. The van der Waals surface area contributed by atoms with Crippen molar-refractivity contribution in [2.75, 3.05) is 0 Å². The smallest absolute Gasteiger partial charge is 0.253 e. The number of aromatic nitrogens is 1. The lowest BCUT2D eigenvalue weighted by Gasteiger charge is -2.19. The topological polar surface area (TPSA) is 22.0 Å². The van der Waals surface area contributed by atoms with Crippen molar-refractivity contribution in [2.45, 2.75) is 20.4 Å². The van der Waals surface area contributed by atoms with Gasteiger partial charge in [0.2, 0.25) is 0 Å². The summed E-state index contributed by atoms with van der Waals surface area (Å²) in [5, 5.41) is 0.373. The quantitative estimate of drug-likeness (QED) is 0.584. The van der Waals surface area contributed by atoms with Gasteiger partial charge < -0.3 is 4.57 Å². The van der Waals surface area contributed by atoms with E-state index in [1.807, 2.05) is 0 Å². The van der Waals surface area contributed by atoms with Crippen molar-refractivity contribution in [1.82, 2.24) is 4.57 Å². The molecule has 0 saturated heterocycles. The zero-order valence-corrected chi connectivity index (χ0v) is 14.9.